The van der Waals surface area contributed by atoms with Crippen molar-refractivity contribution in [1.82, 2.24) is 9.80 Å². The van der Waals surface area contributed by atoms with Crippen molar-refractivity contribution < 1.29 is 4.74 Å². The van der Waals surface area contributed by atoms with Crippen LogP contribution in [0, 0.1) is 0 Å². The Morgan fingerprint density at radius 3 is 2.53 bits per heavy atom. The summed E-state index contributed by atoms with van der Waals surface area (Å²) in [6.45, 7) is 9.37. The van der Waals surface area contributed by atoms with E-state index >= 15 is 0 Å². The minimum Gasteiger partial charge on any atom is -0.378 e. The average molecular weight is 229 g/mol. The molecule has 0 aromatic heterocycles. The molecule has 0 bridgehead atoms. The standard InChI is InChI=1S/C10H19N3OS/c1-3-13(4-2)10(15)11-9-12-5-7-14-8-6-12/h9H,3-8H2,1-2H3/b11-9+. The van der Waals surface area contributed by atoms with E-state index in [1.165, 1.54) is 0 Å². The first-order valence-electron chi connectivity index (χ1n) is 5.42. The van der Waals surface area contributed by atoms with Crippen LogP contribution in [0.25, 0.3) is 0 Å². The van der Waals surface area contributed by atoms with Crippen molar-refractivity contribution in [2.24, 2.45) is 4.99 Å². The van der Waals surface area contributed by atoms with Gasteiger partial charge in [-0.25, -0.2) is 4.99 Å². The maximum Gasteiger partial charge on any atom is 0.196 e. The number of ether oxygens (including phenoxy) is 1. The Hall–Kier alpha value is -0.680. The molecule has 86 valence electrons. The first kappa shape index (κ1) is 12.4. The van der Waals surface area contributed by atoms with E-state index in [4.69, 9.17) is 17.0 Å². The van der Waals surface area contributed by atoms with E-state index in [9.17, 15) is 0 Å². The van der Waals surface area contributed by atoms with Gasteiger partial charge in [-0.2, -0.15) is 0 Å². The van der Waals surface area contributed by atoms with Gasteiger partial charge >= 0.3 is 0 Å². The fraction of sp³-hybridized carbons (Fsp3) is 0.800. The quantitative estimate of drug-likeness (QED) is 0.409. The van der Waals surface area contributed by atoms with Gasteiger partial charge in [0.05, 0.1) is 19.6 Å². The molecule has 0 aromatic rings. The van der Waals surface area contributed by atoms with E-state index in [1.54, 1.807) is 0 Å². The molecule has 0 radical (unpaired) electrons. The predicted octanol–water partition coefficient (Wildman–Crippen LogP) is 0.974. The number of aliphatic imine (C=N–C) groups is 1. The van der Waals surface area contributed by atoms with Crippen LogP contribution < -0.4 is 0 Å². The molecule has 0 saturated carbocycles. The Labute approximate surface area is 96.9 Å². The van der Waals surface area contributed by atoms with Crippen molar-refractivity contribution in [3.8, 4) is 0 Å². The topological polar surface area (TPSA) is 28.1 Å². The van der Waals surface area contributed by atoms with Gasteiger partial charge in [-0.1, -0.05) is 0 Å². The van der Waals surface area contributed by atoms with Crippen LogP contribution in [-0.4, -0.2) is 60.6 Å². The van der Waals surface area contributed by atoms with Crippen molar-refractivity contribution in [3.63, 3.8) is 0 Å². The highest BCUT2D eigenvalue weighted by Gasteiger charge is 2.07. The molecule has 0 unspecified atom stereocenters. The molecule has 1 aliphatic heterocycles. The third kappa shape index (κ3) is 4.13. The second-order valence-corrected chi connectivity index (χ2v) is 3.71. The minimum atomic E-state index is 0.673. The number of morpholine rings is 1. The Bertz CT molecular complexity index is 223. The third-order valence-electron chi connectivity index (χ3n) is 2.41. The highest BCUT2D eigenvalue weighted by Crippen LogP contribution is 1.96. The highest BCUT2D eigenvalue weighted by molar-refractivity contribution is 7.80. The lowest BCUT2D eigenvalue weighted by atomic mass is 10.5. The number of hydrogen-bond donors (Lipinski definition) is 0. The summed E-state index contributed by atoms with van der Waals surface area (Å²) in [4.78, 5) is 8.49. The second kappa shape index (κ2) is 6.74. The van der Waals surface area contributed by atoms with Crippen molar-refractivity contribution in [2.45, 2.75) is 13.8 Å². The Balaban J connectivity index is 2.37. The molecule has 1 rings (SSSR count). The first-order valence-corrected chi connectivity index (χ1v) is 5.83. The molecule has 1 heterocycles. The molecule has 0 N–H and O–H groups in total. The molecule has 1 aliphatic rings. The minimum absolute atomic E-state index is 0.673. The van der Waals surface area contributed by atoms with Crippen molar-refractivity contribution in [2.75, 3.05) is 39.4 Å². The summed E-state index contributed by atoms with van der Waals surface area (Å²) in [6, 6.07) is 0. The fourth-order valence-electron chi connectivity index (χ4n) is 1.40. The van der Waals surface area contributed by atoms with Gasteiger partial charge in [0.25, 0.3) is 0 Å². The van der Waals surface area contributed by atoms with Gasteiger partial charge in [-0.15, -0.1) is 0 Å². The van der Waals surface area contributed by atoms with Crippen molar-refractivity contribution in [1.29, 1.82) is 0 Å². The van der Waals surface area contributed by atoms with Crippen LogP contribution >= 0.6 is 12.2 Å². The number of nitrogens with zero attached hydrogens (tertiary/aromatic N) is 3. The molecule has 0 spiro atoms. The van der Waals surface area contributed by atoms with Gasteiger partial charge in [0.15, 0.2) is 5.11 Å². The highest BCUT2D eigenvalue weighted by atomic mass is 32.1. The number of rotatable bonds is 3. The number of hydrogen-bond acceptors (Lipinski definition) is 2. The zero-order chi connectivity index (χ0) is 11.1. The molecular formula is C10H19N3OS. The van der Waals surface area contributed by atoms with E-state index < -0.39 is 0 Å². The Morgan fingerprint density at radius 1 is 1.40 bits per heavy atom. The van der Waals surface area contributed by atoms with Gasteiger partial charge in [-0.3, -0.25) is 0 Å². The molecule has 15 heavy (non-hydrogen) atoms. The molecule has 1 fully saturated rings. The normalized spacial score (nSPS) is 17.1. The van der Waals surface area contributed by atoms with Crippen LogP contribution in [0.5, 0.6) is 0 Å². The second-order valence-electron chi connectivity index (χ2n) is 3.35. The van der Waals surface area contributed by atoms with E-state index in [-0.39, 0.29) is 0 Å². The van der Waals surface area contributed by atoms with Crippen LogP contribution in [0.4, 0.5) is 0 Å². The monoisotopic (exact) mass is 229 g/mol. The maximum atomic E-state index is 5.25. The molecule has 4 nitrogen and oxygen atoms in total. The smallest absolute Gasteiger partial charge is 0.196 e. The van der Waals surface area contributed by atoms with Crippen molar-refractivity contribution >= 4 is 23.7 Å². The van der Waals surface area contributed by atoms with Gasteiger partial charge in [0.1, 0.15) is 0 Å². The van der Waals surface area contributed by atoms with Crippen molar-refractivity contribution in [3.05, 3.63) is 0 Å². The van der Waals surface area contributed by atoms with Gasteiger partial charge in [0, 0.05) is 26.2 Å². The van der Waals surface area contributed by atoms with Crippen LogP contribution in [0.3, 0.4) is 0 Å². The summed E-state index contributed by atoms with van der Waals surface area (Å²) >= 11 is 5.21. The lowest BCUT2D eigenvalue weighted by Gasteiger charge is -2.25. The summed E-state index contributed by atoms with van der Waals surface area (Å²) in [5.74, 6) is 0. The molecule has 1 saturated heterocycles. The molecule has 0 aliphatic carbocycles. The summed E-state index contributed by atoms with van der Waals surface area (Å²) in [6.07, 6.45) is 1.84. The molecule has 0 aromatic carbocycles. The van der Waals surface area contributed by atoms with E-state index in [1.807, 2.05) is 6.34 Å². The van der Waals surface area contributed by atoms with Gasteiger partial charge < -0.3 is 14.5 Å². The van der Waals surface area contributed by atoms with Crippen LogP contribution in [-0.2, 0) is 4.74 Å². The summed E-state index contributed by atoms with van der Waals surface area (Å²) in [5.41, 5.74) is 0. The van der Waals surface area contributed by atoms with E-state index in [2.05, 4.69) is 28.6 Å². The van der Waals surface area contributed by atoms with E-state index in [0.717, 1.165) is 39.4 Å². The largest absolute Gasteiger partial charge is 0.378 e. The molecule has 0 amide bonds. The molecule has 0 atom stereocenters. The maximum absolute atomic E-state index is 5.25. The average Bonchev–Trinajstić information content (AvgIpc) is 2.29. The summed E-state index contributed by atoms with van der Waals surface area (Å²) in [5, 5.41) is 0.673. The van der Waals surface area contributed by atoms with Crippen LogP contribution in [0.1, 0.15) is 13.8 Å². The van der Waals surface area contributed by atoms with Gasteiger partial charge in [0.2, 0.25) is 0 Å². The zero-order valence-electron chi connectivity index (χ0n) is 9.48. The predicted molar refractivity (Wildman–Crippen MR) is 66.4 cm³/mol. The summed E-state index contributed by atoms with van der Waals surface area (Å²) < 4.78 is 5.25. The third-order valence-corrected chi connectivity index (χ3v) is 2.77. The first-order chi connectivity index (χ1) is 7.27. The molecule has 5 heteroatoms. The molecular weight excluding hydrogens is 210 g/mol. The summed E-state index contributed by atoms with van der Waals surface area (Å²) in [7, 11) is 0. The Kier molecular flexibility index (Phi) is 5.57. The van der Waals surface area contributed by atoms with Crippen LogP contribution in [0.2, 0.25) is 0 Å². The van der Waals surface area contributed by atoms with Gasteiger partial charge in [-0.05, 0) is 26.1 Å². The number of thiocarbonyl (C=S) groups is 1. The fourth-order valence-corrected chi connectivity index (χ4v) is 1.71. The van der Waals surface area contributed by atoms with E-state index in [0.29, 0.717) is 5.11 Å². The zero-order valence-corrected chi connectivity index (χ0v) is 10.3. The SMILES string of the molecule is CCN(CC)C(=S)/N=C/N1CCOCC1. The lowest BCUT2D eigenvalue weighted by Crippen LogP contribution is -2.36. The lowest BCUT2D eigenvalue weighted by molar-refractivity contribution is 0.0701. The van der Waals surface area contributed by atoms with Crippen LogP contribution in [0.15, 0.2) is 4.99 Å². The Morgan fingerprint density at radius 2 is 2.00 bits per heavy atom.